The number of rotatable bonds is 12. The van der Waals surface area contributed by atoms with Gasteiger partial charge in [0.05, 0.1) is 18.3 Å². The van der Waals surface area contributed by atoms with Gasteiger partial charge in [-0.15, -0.1) is 0 Å². The minimum Gasteiger partial charge on any atom is -0.348 e. The van der Waals surface area contributed by atoms with Crippen molar-refractivity contribution < 1.29 is 14.4 Å². The second-order valence-electron chi connectivity index (χ2n) is 8.55. The summed E-state index contributed by atoms with van der Waals surface area (Å²) in [6.07, 6.45) is 4.58. The highest BCUT2D eigenvalue weighted by atomic mass is 16.2. The van der Waals surface area contributed by atoms with Crippen molar-refractivity contribution in [2.75, 3.05) is 40.3 Å². The third kappa shape index (κ3) is 9.73. The molecule has 9 heteroatoms. The quantitative estimate of drug-likeness (QED) is 0.296. The molecule has 0 bridgehead atoms. The minimum absolute atomic E-state index is 0.0329. The summed E-state index contributed by atoms with van der Waals surface area (Å²) in [6, 6.07) is -0.740. The summed E-state index contributed by atoms with van der Waals surface area (Å²) in [7, 11) is 9.35. The predicted octanol–water partition coefficient (Wildman–Crippen LogP) is -0.538. The van der Waals surface area contributed by atoms with Crippen molar-refractivity contribution >= 4 is 25.3 Å². The van der Waals surface area contributed by atoms with Gasteiger partial charge in [0, 0.05) is 6.04 Å². The monoisotopic (exact) mass is 407 g/mol. The van der Waals surface area contributed by atoms with Crippen LogP contribution in [0.4, 0.5) is 0 Å². The molecular formula is C20H38BN5O3. The van der Waals surface area contributed by atoms with Crippen LogP contribution in [0.5, 0.6) is 0 Å². The van der Waals surface area contributed by atoms with Crippen molar-refractivity contribution in [1.29, 1.82) is 0 Å². The summed E-state index contributed by atoms with van der Waals surface area (Å²) < 4.78 is 0. The maximum absolute atomic E-state index is 12.4. The number of hydrogen-bond acceptors (Lipinski definition) is 6. The largest absolute Gasteiger partial charge is 0.348 e. The molecule has 0 aromatic carbocycles. The van der Waals surface area contributed by atoms with Gasteiger partial charge in [-0.3, -0.25) is 9.59 Å². The maximum Gasteiger partial charge on any atom is 0.242 e. The Morgan fingerprint density at radius 2 is 1.76 bits per heavy atom. The topological polar surface area (TPSA) is 108 Å². The molecule has 2 radical (unpaired) electrons. The summed E-state index contributed by atoms with van der Waals surface area (Å²) in [5.74, 6) is -0.792. The highest BCUT2D eigenvalue weighted by molar-refractivity contribution is 6.58. The Hall–Kier alpha value is -1.45. The fourth-order valence-electron chi connectivity index (χ4n) is 3.48. The van der Waals surface area contributed by atoms with Crippen LogP contribution in [-0.2, 0) is 14.4 Å². The molecule has 29 heavy (non-hydrogen) atoms. The van der Waals surface area contributed by atoms with E-state index in [4.69, 9.17) is 13.6 Å². The second kappa shape index (κ2) is 13.0. The van der Waals surface area contributed by atoms with E-state index in [2.05, 4.69) is 34.5 Å². The van der Waals surface area contributed by atoms with Crippen LogP contribution in [0, 0.1) is 5.92 Å². The van der Waals surface area contributed by atoms with Gasteiger partial charge in [-0.05, 0) is 71.8 Å². The number of hydrogen-bond donors (Lipinski definition) is 3. The SMILES string of the molecule is [B]C(=O)CNC(=O)[C@H](CCCCN1CCC(N(C)C)CC1)NC(=O)[C@@H](N)C(C)C. The van der Waals surface area contributed by atoms with Crippen LogP contribution in [0.25, 0.3) is 0 Å². The molecule has 1 fully saturated rings. The zero-order chi connectivity index (χ0) is 22.0. The molecule has 0 saturated carbocycles. The Morgan fingerprint density at radius 3 is 2.28 bits per heavy atom. The molecule has 164 valence electrons. The highest BCUT2D eigenvalue weighted by Crippen LogP contribution is 2.15. The average Bonchev–Trinajstić information content (AvgIpc) is 2.67. The maximum atomic E-state index is 12.4. The van der Waals surface area contributed by atoms with Crippen molar-refractivity contribution in [1.82, 2.24) is 20.4 Å². The van der Waals surface area contributed by atoms with E-state index < -0.39 is 23.7 Å². The van der Waals surface area contributed by atoms with E-state index in [9.17, 15) is 14.4 Å². The van der Waals surface area contributed by atoms with Gasteiger partial charge in [-0.2, -0.15) is 0 Å². The number of carbonyl (C=O) groups is 3. The third-order valence-corrected chi connectivity index (χ3v) is 5.60. The Bertz CT molecular complexity index is 536. The number of amides is 2. The highest BCUT2D eigenvalue weighted by Gasteiger charge is 2.25. The minimum atomic E-state index is -0.717. The fraction of sp³-hybridized carbons (Fsp3) is 0.850. The van der Waals surface area contributed by atoms with Crippen LogP contribution < -0.4 is 16.4 Å². The molecule has 1 saturated heterocycles. The number of unbranched alkanes of at least 4 members (excludes halogenated alkanes) is 1. The Kier molecular flexibility index (Phi) is 11.5. The summed E-state index contributed by atoms with van der Waals surface area (Å²) in [5.41, 5.74) is 5.27. The van der Waals surface area contributed by atoms with Gasteiger partial charge in [0.15, 0.2) is 7.85 Å². The Labute approximate surface area is 176 Å². The predicted molar refractivity (Wildman–Crippen MR) is 116 cm³/mol. The van der Waals surface area contributed by atoms with Crippen LogP contribution in [-0.4, -0.2) is 93.5 Å². The lowest BCUT2D eigenvalue weighted by Crippen LogP contribution is -2.53. The zero-order valence-electron chi connectivity index (χ0n) is 18.4. The van der Waals surface area contributed by atoms with Gasteiger partial charge in [-0.1, -0.05) is 13.8 Å². The first kappa shape index (κ1) is 25.6. The van der Waals surface area contributed by atoms with Crippen molar-refractivity contribution in [2.24, 2.45) is 11.7 Å². The average molecular weight is 407 g/mol. The first-order valence-corrected chi connectivity index (χ1v) is 10.6. The Balaban J connectivity index is 2.46. The van der Waals surface area contributed by atoms with Gasteiger partial charge in [0.2, 0.25) is 11.8 Å². The molecule has 0 aromatic heterocycles. The number of nitrogens with zero attached hydrogens (tertiary/aromatic N) is 2. The van der Waals surface area contributed by atoms with E-state index in [0.717, 1.165) is 32.5 Å². The lowest BCUT2D eigenvalue weighted by Gasteiger charge is -2.35. The van der Waals surface area contributed by atoms with E-state index >= 15 is 0 Å². The molecule has 4 N–H and O–H groups in total. The lowest BCUT2D eigenvalue weighted by atomic mass is 10.0. The van der Waals surface area contributed by atoms with Crippen LogP contribution in [0.15, 0.2) is 0 Å². The Morgan fingerprint density at radius 1 is 1.14 bits per heavy atom. The molecule has 2 amide bonds. The molecule has 0 aliphatic carbocycles. The summed E-state index contributed by atoms with van der Waals surface area (Å²) in [6.45, 7) is 6.62. The van der Waals surface area contributed by atoms with Crippen LogP contribution in [0.3, 0.4) is 0 Å². The zero-order valence-corrected chi connectivity index (χ0v) is 18.4. The van der Waals surface area contributed by atoms with Crippen LogP contribution in [0.1, 0.15) is 46.0 Å². The number of likely N-dealkylation sites (tertiary alicyclic amines) is 1. The first-order valence-electron chi connectivity index (χ1n) is 10.6. The summed E-state index contributed by atoms with van der Waals surface area (Å²) >= 11 is 0. The molecule has 0 aromatic rings. The smallest absolute Gasteiger partial charge is 0.242 e. The molecule has 1 rings (SSSR count). The molecule has 1 heterocycles. The molecular weight excluding hydrogens is 369 g/mol. The van der Waals surface area contributed by atoms with E-state index in [0.29, 0.717) is 12.5 Å². The van der Waals surface area contributed by atoms with Crippen molar-refractivity contribution in [3.05, 3.63) is 0 Å². The van der Waals surface area contributed by atoms with Gasteiger partial charge in [0.1, 0.15) is 6.04 Å². The molecule has 0 unspecified atom stereocenters. The van der Waals surface area contributed by atoms with Crippen molar-refractivity contribution in [3.8, 4) is 0 Å². The van der Waals surface area contributed by atoms with Gasteiger partial charge >= 0.3 is 0 Å². The van der Waals surface area contributed by atoms with E-state index in [1.807, 2.05) is 13.8 Å². The van der Waals surface area contributed by atoms with Crippen molar-refractivity contribution in [2.45, 2.75) is 64.1 Å². The van der Waals surface area contributed by atoms with E-state index in [1.165, 1.54) is 12.8 Å². The molecule has 1 aliphatic heterocycles. The summed E-state index contributed by atoms with van der Waals surface area (Å²) in [5, 5.41) is 5.21. The number of nitrogens with one attached hydrogen (secondary N) is 2. The van der Waals surface area contributed by atoms with E-state index in [1.54, 1.807) is 0 Å². The fourth-order valence-corrected chi connectivity index (χ4v) is 3.48. The molecule has 2 atom stereocenters. The normalized spacial score (nSPS) is 17.9. The second-order valence-corrected chi connectivity index (χ2v) is 8.55. The molecule has 8 nitrogen and oxygen atoms in total. The molecule has 0 spiro atoms. The number of carbonyl (C=O) groups excluding carboxylic acids is 3. The van der Waals surface area contributed by atoms with Gasteiger partial charge in [-0.25, -0.2) is 0 Å². The third-order valence-electron chi connectivity index (χ3n) is 5.60. The first-order chi connectivity index (χ1) is 13.6. The lowest BCUT2D eigenvalue weighted by molar-refractivity contribution is -0.130. The van der Waals surface area contributed by atoms with Crippen molar-refractivity contribution in [3.63, 3.8) is 0 Å². The van der Waals surface area contributed by atoms with Crippen LogP contribution in [0.2, 0.25) is 0 Å². The van der Waals surface area contributed by atoms with Gasteiger partial charge < -0.3 is 31.0 Å². The number of piperidine rings is 1. The van der Waals surface area contributed by atoms with E-state index in [-0.39, 0.29) is 18.4 Å². The standard InChI is InChI=1S/C20H38BN5O3/c1-14(2)18(22)20(29)24-16(19(28)23-13-17(21)27)7-5-6-10-26-11-8-15(9-12-26)25(3)4/h14-16,18H,5-13,22H2,1-4H3,(H,23,28)(H,24,29)/t16-,18-/m0/s1. The number of nitrogens with two attached hydrogens (primary N) is 1. The molecule has 1 aliphatic rings. The van der Waals surface area contributed by atoms with Gasteiger partial charge in [0.25, 0.3) is 0 Å². The summed E-state index contributed by atoms with van der Waals surface area (Å²) in [4.78, 5) is 40.3. The van der Waals surface area contributed by atoms with Crippen LogP contribution >= 0.6 is 0 Å².